The topological polar surface area (TPSA) is 62.8 Å². The maximum atomic E-state index is 12.3. The van der Waals surface area contributed by atoms with E-state index in [4.69, 9.17) is 9.47 Å². The van der Waals surface area contributed by atoms with Gasteiger partial charge in [-0.05, 0) is 37.8 Å². The SMILES string of the molecule is COc1cc(NC(=O)CCN2CCC[C@@]3(CCNC3)C2)cc(OC)c1. The summed E-state index contributed by atoms with van der Waals surface area (Å²) in [4.78, 5) is 14.8. The minimum Gasteiger partial charge on any atom is -0.497 e. The number of carbonyl (C=O) groups is 1. The lowest BCUT2D eigenvalue weighted by Crippen LogP contribution is -2.45. The second kappa shape index (κ2) is 8.06. The zero-order chi connectivity index (χ0) is 17.7. The van der Waals surface area contributed by atoms with Gasteiger partial charge in [0.25, 0.3) is 0 Å². The molecule has 2 fully saturated rings. The van der Waals surface area contributed by atoms with Crippen LogP contribution in [0.1, 0.15) is 25.7 Å². The predicted molar refractivity (Wildman–Crippen MR) is 98.4 cm³/mol. The van der Waals surface area contributed by atoms with Crippen molar-refractivity contribution in [2.24, 2.45) is 5.41 Å². The molecular formula is C19H29N3O3. The van der Waals surface area contributed by atoms with Gasteiger partial charge in [0.2, 0.25) is 5.91 Å². The van der Waals surface area contributed by atoms with E-state index in [9.17, 15) is 4.79 Å². The molecule has 6 nitrogen and oxygen atoms in total. The van der Waals surface area contributed by atoms with Gasteiger partial charge in [-0.15, -0.1) is 0 Å². The van der Waals surface area contributed by atoms with Crippen LogP contribution in [0.2, 0.25) is 0 Å². The van der Waals surface area contributed by atoms with Gasteiger partial charge in [-0.3, -0.25) is 4.79 Å². The molecule has 0 unspecified atom stereocenters. The predicted octanol–water partition coefficient (Wildman–Crippen LogP) is 2.11. The Morgan fingerprint density at radius 2 is 2.00 bits per heavy atom. The first-order valence-corrected chi connectivity index (χ1v) is 9.08. The van der Waals surface area contributed by atoms with E-state index in [0.29, 0.717) is 29.0 Å². The molecule has 0 aliphatic carbocycles. The van der Waals surface area contributed by atoms with Crippen molar-refractivity contribution in [1.82, 2.24) is 10.2 Å². The fourth-order valence-electron chi connectivity index (χ4n) is 4.01. The summed E-state index contributed by atoms with van der Waals surface area (Å²) >= 11 is 0. The molecule has 1 aromatic carbocycles. The molecule has 2 N–H and O–H groups in total. The fraction of sp³-hybridized carbons (Fsp3) is 0.632. The number of methoxy groups -OCH3 is 2. The normalized spacial score (nSPS) is 23.6. The summed E-state index contributed by atoms with van der Waals surface area (Å²) < 4.78 is 10.5. The first kappa shape index (κ1) is 18.0. The Bertz CT molecular complexity index is 577. The Morgan fingerprint density at radius 3 is 2.64 bits per heavy atom. The zero-order valence-corrected chi connectivity index (χ0v) is 15.3. The van der Waals surface area contributed by atoms with Crippen LogP contribution in [0.3, 0.4) is 0 Å². The van der Waals surface area contributed by atoms with Gasteiger partial charge in [0.15, 0.2) is 0 Å². The molecule has 2 saturated heterocycles. The van der Waals surface area contributed by atoms with E-state index in [1.165, 1.54) is 19.3 Å². The van der Waals surface area contributed by atoms with Gasteiger partial charge in [-0.25, -0.2) is 0 Å². The van der Waals surface area contributed by atoms with Crippen LogP contribution in [0.25, 0.3) is 0 Å². The average molecular weight is 347 g/mol. The molecular weight excluding hydrogens is 318 g/mol. The van der Waals surface area contributed by atoms with Gasteiger partial charge in [0.05, 0.1) is 14.2 Å². The van der Waals surface area contributed by atoms with Gasteiger partial charge in [0.1, 0.15) is 11.5 Å². The summed E-state index contributed by atoms with van der Waals surface area (Å²) in [5.74, 6) is 1.36. The molecule has 0 saturated carbocycles. The molecule has 1 aromatic rings. The molecule has 2 heterocycles. The molecule has 0 aromatic heterocycles. The molecule has 0 bridgehead atoms. The number of likely N-dealkylation sites (tertiary alicyclic amines) is 1. The third-order valence-electron chi connectivity index (χ3n) is 5.36. The van der Waals surface area contributed by atoms with E-state index >= 15 is 0 Å². The summed E-state index contributed by atoms with van der Waals surface area (Å²) in [5, 5.41) is 6.45. The molecule has 25 heavy (non-hydrogen) atoms. The molecule has 1 spiro atoms. The molecule has 1 atom stereocenters. The zero-order valence-electron chi connectivity index (χ0n) is 15.3. The van der Waals surface area contributed by atoms with Crippen LogP contribution in [0, 0.1) is 5.41 Å². The number of anilines is 1. The lowest BCUT2D eigenvalue weighted by molar-refractivity contribution is -0.116. The number of hydrogen-bond acceptors (Lipinski definition) is 5. The highest BCUT2D eigenvalue weighted by atomic mass is 16.5. The molecule has 138 valence electrons. The van der Waals surface area contributed by atoms with Gasteiger partial charge < -0.3 is 25.0 Å². The van der Waals surface area contributed by atoms with Crippen LogP contribution in [0.5, 0.6) is 11.5 Å². The van der Waals surface area contributed by atoms with Crippen LogP contribution in [-0.4, -0.2) is 57.8 Å². The fourth-order valence-corrected chi connectivity index (χ4v) is 4.01. The van der Waals surface area contributed by atoms with Crippen LogP contribution >= 0.6 is 0 Å². The number of ether oxygens (including phenoxy) is 2. The van der Waals surface area contributed by atoms with Crippen molar-refractivity contribution >= 4 is 11.6 Å². The smallest absolute Gasteiger partial charge is 0.225 e. The molecule has 2 aliphatic rings. The van der Waals surface area contributed by atoms with Crippen molar-refractivity contribution in [1.29, 1.82) is 0 Å². The maximum absolute atomic E-state index is 12.3. The Kier molecular flexibility index (Phi) is 5.81. The first-order chi connectivity index (χ1) is 12.1. The van der Waals surface area contributed by atoms with E-state index in [0.717, 1.165) is 32.7 Å². The van der Waals surface area contributed by atoms with Crippen LogP contribution < -0.4 is 20.1 Å². The summed E-state index contributed by atoms with van der Waals surface area (Å²) in [6.07, 6.45) is 4.31. The molecule has 1 amide bonds. The molecule has 6 heteroatoms. The van der Waals surface area contributed by atoms with Crippen LogP contribution in [0.15, 0.2) is 18.2 Å². The van der Waals surface area contributed by atoms with Crippen molar-refractivity contribution < 1.29 is 14.3 Å². The number of nitrogens with one attached hydrogen (secondary N) is 2. The minimum atomic E-state index is 0.0273. The number of piperidine rings is 1. The van der Waals surface area contributed by atoms with Gasteiger partial charge >= 0.3 is 0 Å². The standard InChI is InChI=1S/C19H29N3O3/c1-24-16-10-15(11-17(12-16)25-2)21-18(23)4-9-22-8-3-5-19(14-22)6-7-20-13-19/h10-12,20H,3-9,13-14H2,1-2H3,(H,21,23)/t19-/m0/s1. The molecule has 2 aliphatic heterocycles. The van der Waals surface area contributed by atoms with E-state index in [-0.39, 0.29) is 5.91 Å². The van der Waals surface area contributed by atoms with E-state index < -0.39 is 0 Å². The quantitative estimate of drug-likeness (QED) is 0.825. The number of amides is 1. The van der Waals surface area contributed by atoms with Gasteiger partial charge in [-0.1, -0.05) is 0 Å². The van der Waals surface area contributed by atoms with Crippen LogP contribution in [-0.2, 0) is 4.79 Å². The summed E-state index contributed by atoms with van der Waals surface area (Å²) in [5.41, 5.74) is 1.14. The summed E-state index contributed by atoms with van der Waals surface area (Å²) in [7, 11) is 3.20. The van der Waals surface area contributed by atoms with Crippen molar-refractivity contribution in [3.63, 3.8) is 0 Å². The minimum absolute atomic E-state index is 0.0273. The number of nitrogens with zero attached hydrogens (tertiary/aromatic N) is 1. The van der Waals surface area contributed by atoms with Gasteiger partial charge in [-0.2, -0.15) is 0 Å². The van der Waals surface area contributed by atoms with Crippen molar-refractivity contribution in [3.05, 3.63) is 18.2 Å². The Labute approximate surface area is 149 Å². The van der Waals surface area contributed by atoms with E-state index in [1.807, 2.05) is 0 Å². The molecule has 3 rings (SSSR count). The van der Waals surface area contributed by atoms with Gasteiger partial charge in [0, 0.05) is 49.9 Å². The lowest BCUT2D eigenvalue weighted by Gasteiger charge is -2.40. The first-order valence-electron chi connectivity index (χ1n) is 9.08. The molecule has 0 radical (unpaired) electrons. The van der Waals surface area contributed by atoms with Crippen LogP contribution in [0.4, 0.5) is 5.69 Å². The second-order valence-corrected chi connectivity index (χ2v) is 7.21. The monoisotopic (exact) mass is 347 g/mol. The summed E-state index contributed by atoms with van der Waals surface area (Å²) in [6.45, 7) is 5.28. The Balaban J connectivity index is 1.51. The number of carbonyl (C=O) groups excluding carboxylic acids is 1. The maximum Gasteiger partial charge on any atom is 0.225 e. The highest BCUT2D eigenvalue weighted by Gasteiger charge is 2.37. The number of benzene rings is 1. The van der Waals surface area contributed by atoms with E-state index in [2.05, 4.69) is 15.5 Å². The largest absolute Gasteiger partial charge is 0.497 e. The average Bonchev–Trinajstić information content (AvgIpc) is 3.07. The lowest BCUT2D eigenvalue weighted by atomic mass is 9.79. The Hall–Kier alpha value is -1.79. The van der Waals surface area contributed by atoms with E-state index in [1.54, 1.807) is 32.4 Å². The number of rotatable bonds is 6. The third-order valence-corrected chi connectivity index (χ3v) is 5.36. The number of hydrogen-bond donors (Lipinski definition) is 2. The van der Waals surface area contributed by atoms with Crippen molar-refractivity contribution in [2.75, 3.05) is 52.3 Å². The highest BCUT2D eigenvalue weighted by molar-refractivity contribution is 5.91. The highest BCUT2D eigenvalue weighted by Crippen LogP contribution is 2.35. The summed E-state index contributed by atoms with van der Waals surface area (Å²) in [6, 6.07) is 5.40. The second-order valence-electron chi connectivity index (χ2n) is 7.21. The van der Waals surface area contributed by atoms with Crippen molar-refractivity contribution in [3.8, 4) is 11.5 Å². The van der Waals surface area contributed by atoms with Crippen molar-refractivity contribution in [2.45, 2.75) is 25.7 Å². The third kappa shape index (κ3) is 4.64. The Morgan fingerprint density at radius 1 is 1.24 bits per heavy atom.